The number of hydrogen-bond acceptors (Lipinski definition) is 5. The van der Waals surface area contributed by atoms with Crippen molar-refractivity contribution in [2.45, 2.75) is 6.92 Å². The molecule has 0 atom stereocenters. The van der Waals surface area contributed by atoms with Crippen LogP contribution in [0.2, 0.25) is 0 Å². The van der Waals surface area contributed by atoms with E-state index < -0.39 is 5.97 Å². The van der Waals surface area contributed by atoms with Gasteiger partial charge in [-0.15, -0.1) is 12.4 Å². The Balaban J connectivity index is 0.00000196. The van der Waals surface area contributed by atoms with Crippen LogP contribution in [-0.2, 0) is 4.74 Å². The molecule has 0 fully saturated rings. The summed E-state index contributed by atoms with van der Waals surface area (Å²) in [6.45, 7) is 2.06. The standard InChI is InChI=1S/C7H10N4O2S.ClH/c1-2-13-5(12)4-3-10-7(14-4)11-6(8)9;/h3H,2H2,1H3,(H4,8,9,10,11);1H. The highest BCUT2D eigenvalue weighted by Crippen LogP contribution is 2.21. The molecule has 0 saturated heterocycles. The molecule has 0 aromatic carbocycles. The summed E-state index contributed by atoms with van der Waals surface area (Å²) in [5, 5.41) is 0.341. The van der Waals surface area contributed by atoms with E-state index in [4.69, 9.17) is 16.2 Å². The van der Waals surface area contributed by atoms with Gasteiger partial charge in [0.05, 0.1) is 12.8 Å². The van der Waals surface area contributed by atoms with Crippen molar-refractivity contribution in [3.63, 3.8) is 0 Å². The van der Waals surface area contributed by atoms with Gasteiger partial charge in [0.15, 0.2) is 5.96 Å². The van der Waals surface area contributed by atoms with Gasteiger partial charge < -0.3 is 16.2 Å². The Hall–Kier alpha value is -1.34. The zero-order chi connectivity index (χ0) is 10.6. The van der Waals surface area contributed by atoms with Crippen molar-refractivity contribution < 1.29 is 9.53 Å². The Kier molecular flexibility index (Phi) is 5.65. The van der Waals surface area contributed by atoms with Crippen molar-refractivity contribution in [3.05, 3.63) is 11.1 Å². The largest absolute Gasteiger partial charge is 0.462 e. The third-order valence-electron chi connectivity index (χ3n) is 1.19. The molecule has 6 nitrogen and oxygen atoms in total. The Morgan fingerprint density at radius 1 is 1.67 bits per heavy atom. The van der Waals surface area contributed by atoms with Crippen LogP contribution in [0.5, 0.6) is 0 Å². The molecular weight excluding hydrogens is 240 g/mol. The molecule has 1 heterocycles. The second-order valence-electron chi connectivity index (χ2n) is 2.26. The zero-order valence-corrected chi connectivity index (χ0v) is 9.60. The van der Waals surface area contributed by atoms with Crippen molar-refractivity contribution >= 4 is 40.8 Å². The fraction of sp³-hybridized carbons (Fsp3) is 0.286. The Bertz CT molecular complexity index is 362. The number of aliphatic imine (C=N–C) groups is 1. The van der Waals surface area contributed by atoms with Crippen LogP contribution in [0.3, 0.4) is 0 Å². The molecule has 0 unspecified atom stereocenters. The van der Waals surface area contributed by atoms with Crippen LogP contribution < -0.4 is 11.5 Å². The van der Waals surface area contributed by atoms with Crippen LogP contribution >= 0.6 is 23.7 Å². The SMILES string of the molecule is CCOC(=O)c1cnc(N=C(N)N)s1.Cl. The molecule has 0 aliphatic heterocycles. The monoisotopic (exact) mass is 250 g/mol. The van der Waals surface area contributed by atoms with Gasteiger partial charge in [-0.3, -0.25) is 0 Å². The number of hydrogen-bond donors (Lipinski definition) is 2. The molecule has 0 amide bonds. The lowest BCUT2D eigenvalue weighted by Crippen LogP contribution is -2.21. The summed E-state index contributed by atoms with van der Waals surface area (Å²) >= 11 is 1.08. The quantitative estimate of drug-likeness (QED) is 0.466. The van der Waals surface area contributed by atoms with Gasteiger partial charge >= 0.3 is 5.97 Å². The predicted molar refractivity (Wildman–Crippen MR) is 60.8 cm³/mol. The first-order valence-corrected chi connectivity index (χ1v) is 4.67. The molecule has 0 aliphatic carbocycles. The molecule has 0 aliphatic rings. The molecule has 1 rings (SSSR count). The molecule has 0 spiro atoms. The third-order valence-corrected chi connectivity index (χ3v) is 2.07. The van der Waals surface area contributed by atoms with Gasteiger partial charge in [-0.1, -0.05) is 11.3 Å². The summed E-state index contributed by atoms with van der Waals surface area (Å²) in [7, 11) is 0. The first-order valence-electron chi connectivity index (χ1n) is 3.86. The molecule has 0 radical (unpaired) electrons. The van der Waals surface area contributed by atoms with Crippen molar-refractivity contribution in [1.82, 2.24) is 4.98 Å². The van der Waals surface area contributed by atoms with Crippen molar-refractivity contribution in [1.29, 1.82) is 0 Å². The lowest BCUT2D eigenvalue weighted by molar-refractivity contribution is 0.0532. The minimum absolute atomic E-state index is 0. The molecule has 84 valence electrons. The molecule has 0 saturated carbocycles. The second kappa shape index (κ2) is 6.20. The predicted octanol–water partition coefficient (Wildman–Crippen LogP) is 0.647. The number of esters is 1. The number of nitrogens with zero attached hydrogens (tertiary/aromatic N) is 2. The van der Waals surface area contributed by atoms with E-state index in [1.165, 1.54) is 6.20 Å². The van der Waals surface area contributed by atoms with Gasteiger partial charge in [-0.2, -0.15) is 4.99 Å². The zero-order valence-electron chi connectivity index (χ0n) is 7.97. The number of nitrogens with two attached hydrogens (primary N) is 2. The maximum absolute atomic E-state index is 11.2. The van der Waals surface area contributed by atoms with Crippen LogP contribution in [0.4, 0.5) is 5.13 Å². The normalized spacial score (nSPS) is 8.87. The third kappa shape index (κ3) is 4.13. The molecule has 4 N–H and O–H groups in total. The number of ether oxygens (including phenoxy) is 1. The highest BCUT2D eigenvalue weighted by molar-refractivity contribution is 7.17. The average Bonchev–Trinajstić information content (AvgIpc) is 2.52. The van der Waals surface area contributed by atoms with Gasteiger partial charge in [0.25, 0.3) is 0 Å². The molecule has 1 aromatic heterocycles. The summed E-state index contributed by atoms with van der Waals surface area (Å²) in [6.07, 6.45) is 1.38. The summed E-state index contributed by atoms with van der Waals surface area (Å²) in [6, 6.07) is 0. The lowest BCUT2D eigenvalue weighted by atomic mass is 10.6. The maximum Gasteiger partial charge on any atom is 0.350 e. The highest BCUT2D eigenvalue weighted by Gasteiger charge is 2.10. The van der Waals surface area contributed by atoms with E-state index in [0.29, 0.717) is 16.6 Å². The first-order chi connectivity index (χ1) is 6.63. The number of carbonyl (C=O) groups excluding carboxylic acids is 1. The van der Waals surface area contributed by atoms with Gasteiger partial charge in [0, 0.05) is 0 Å². The summed E-state index contributed by atoms with van der Waals surface area (Å²) in [4.78, 5) is 19.1. The van der Waals surface area contributed by atoms with Crippen LogP contribution in [0.15, 0.2) is 11.2 Å². The minimum Gasteiger partial charge on any atom is -0.462 e. The van der Waals surface area contributed by atoms with Crippen LogP contribution in [0.25, 0.3) is 0 Å². The van der Waals surface area contributed by atoms with E-state index >= 15 is 0 Å². The van der Waals surface area contributed by atoms with Gasteiger partial charge in [-0.25, -0.2) is 9.78 Å². The van der Waals surface area contributed by atoms with Crippen LogP contribution in [0, 0.1) is 0 Å². The van der Waals surface area contributed by atoms with Crippen LogP contribution in [-0.4, -0.2) is 23.5 Å². The maximum atomic E-state index is 11.2. The Labute approximate surface area is 96.8 Å². The summed E-state index contributed by atoms with van der Waals surface area (Å²) < 4.78 is 4.77. The molecule has 0 bridgehead atoms. The minimum atomic E-state index is -0.415. The van der Waals surface area contributed by atoms with Crippen molar-refractivity contribution in [2.75, 3.05) is 6.61 Å². The van der Waals surface area contributed by atoms with Gasteiger partial charge in [0.2, 0.25) is 5.13 Å². The molecular formula is C7H11ClN4O2S. The smallest absolute Gasteiger partial charge is 0.350 e. The first kappa shape index (κ1) is 13.7. The second-order valence-corrected chi connectivity index (χ2v) is 3.27. The number of aromatic nitrogens is 1. The van der Waals surface area contributed by atoms with Crippen LogP contribution in [0.1, 0.15) is 16.6 Å². The number of carbonyl (C=O) groups is 1. The van der Waals surface area contributed by atoms with E-state index in [2.05, 4.69) is 9.98 Å². The number of thiazole rings is 1. The van der Waals surface area contributed by atoms with E-state index in [9.17, 15) is 4.79 Å². The fourth-order valence-electron chi connectivity index (χ4n) is 0.724. The van der Waals surface area contributed by atoms with E-state index in [1.807, 2.05) is 0 Å². The van der Waals surface area contributed by atoms with E-state index in [1.54, 1.807) is 6.92 Å². The topological polar surface area (TPSA) is 104 Å². The van der Waals surface area contributed by atoms with Gasteiger partial charge in [-0.05, 0) is 6.92 Å². The van der Waals surface area contributed by atoms with Gasteiger partial charge in [0.1, 0.15) is 4.88 Å². The van der Waals surface area contributed by atoms with Crippen molar-refractivity contribution in [3.8, 4) is 0 Å². The van der Waals surface area contributed by atoms with E-state index in [0.717, 1.165) is 11.3 Å². The summed E-state index contributed by atoms with van der Waals surface area (Å²) in [5.74, 6) is -0.503. The average molecular weight is 251 g/mol. The number of guanidine groups is 1. The number of rotatable bonds is 3. The van der Waals surface area contributed by atoms with Crippen molar-refractivity contribution in [2.24, 2.45) is 16.5 Å². The Morgan fingerprint density at radius 2 is 2.33 bits per heavy atom. The number of halogens is 1. The molecule has 8 heteroatoms. The Morgan fingerprint density at radius 3 is 2.87 bits per heavy atom. The lowest BCUT2D eigenvalue weighted by Gasteiger charge is -1.95. The molecule has 1 aromatic rings. The fourth-order valence-corrected chi connectivity index (χ4v) is 1.42. The summed E-state index contributed by atoms with van der Waals surface area (Å²) in [5.41, 5.74) is 10.3. The van der Waals surface area contributed by atoms with E-state index in [-0.39, 0.29) is 18.4 Å². The molecule has 15 heavy (non-hydrogen) atoms. The highest BCUT2D eigenvalue weighted by atomic mass is 35.5.